The maximum Gasteiger partial charge on any atom is 0.328 e. The summed E-state index contributed by atoms with van der Waals surface area (Å²) in [5.74, 6) is -0.0408. The van der Waals surface area contributed by atoms with E-state index in [2.05, 4.69) is 10.2 Å². The number of imide groups is 1. The summed E-state index contributed by atoms with van der Waals surface area (Å²) in [6, 6.07) is 5.17. The number of urea groups is 1. The Morgan fingerprint density at radius 1 is 1.26 bits per heavy atom. The van der Waals surface area contributed by atoms with Gasteiger partial charge in [-0.25, -0.2) is 4.79 Å². The Labute approximate surface area is 163 Å². The van der Waals surface area contributed by atoms with Crippen LogP contribution in [0.1, 0.15) is 32.6 Å². The van der Waals surface area contributed by atoms with E-state index in [4.69, 9.17) is 16.3 Å². The van der Waals surface area contributed by atoms with Crippen molar-refractivity contribution in [2.45, 2.75) is 32.6 Å². The van der Waals surface area contributed by atoms with E-state index in [1.165, 1.54) is 4.90 Å². The first-order valence-corrected chi connectivity index (χ1v) is 9.67. The van der Waals surface area contributed by atoms with Gasteiger partial charge in [0.1, 0.15) is 0 Å². The van der Waals surface area contributed by atoms with Gasteiger partial charge < -0.3 is 9.64 Å². The third kappa shape index (κ3) is 4.71. The minimum absolute atomic E-state index is 0.123. The van der Waals surface area contributed by atoms with Gasteiger partial charge in [0.15, 0.2) is 0 Å². The maximum atomic E-state index is 12.0. The quantitative estimate of drug-likeness (QED) is 0.778. The Morgan fingerprint density at radius 3 is 2.63 bits per heavy atom. The molecule has 27 heavy (non-hydrogen) atoms. The molecule has 0 aromatic heterocycles. The molecule has 0 unspecified atom stereocenters. The first-order chi connectivity index (χ1) is 13.0. The van der Waals surface area contributed by atoms with Gasteiger partial charge in [-0.3, -0.25) is 19.8 Å². The number of carbonyl (C=O) groups excluding carboxylic acids is 3. The first kappa shape index (κ1) is 19.5. The molecule has 0 atom stereocenters. The lowest BCUT2D eigenvalue weighted by Gasteiger charge is -2.34. The topological polar surface area (TPSA) is 79.0 Å². The number of anilines is 2. The molecule has 1 aromatic carbocycles. The second-order valence-electron chi connectivity index (χ2n) is 6.83. The van der Waals surface area contributed by atoms with Crippen LogP contribution in [-0.2, 0) is 14.3 Å². The van der Waals surface area contributed by atoms with E-state index in [9.17, 15) is 14.4 Å². The summed E-state index contributed by atoms with van der Waals surface area (Å²) in [7, 11) is 0. The van der Waals surface area contributed by atoms with Gasteiger partial charge in [0.05, 0.1) is 17.3 Å². The molecular weight excluding hydrogens is 370 g/mol. The van der Waals surface area contributed by atoms with Crippen molar-refractivity contribution in [2.24, 2.45) is 5.92 Å². The standard InChI is InChI=1S/C19H24ClN3O4/c1-2-27-18(25)11-13-5-8-22(9-6-13)14-3-4-16(15(20)12-14)23-10-7-17(24)21-19(23)26/h3-4,12-13H,2,5-11H2,1H3,(H,21,24,26). The van der Waals surface area contributed by atoms with Gasteiger partial charge in [0.2, 0.25) is 5.91 Å². The average Bonchev–Trinajstić information content (AvgIpc) is 2.63. The van der Waals surface area contributed by atoms with Gasteiger partial charge in [-0.15, -0.1) is 0 Å². The molecule has 2 saturated heterocycles. The molecule has 1 N–H and O–H groups in total. The molecule has 2 fully saturated rings. The van der Waals surface area contributed by atoms with Crippen molar-refractivity contribution >= 4 is 40.9 Å². The predicted molar refractivity (Wildman–Crippen MR) is 103 cm³/mol. The molecule has 0 radical (unpaired) electrons. The highest BCUT2D eigenvalue weighted by molar-refractivity contribution is 6.34. The van der Waals surface area contributed by atoms with E-state index in [-0.39, 0.29) is 18.3 Å². The minimum atomic E-state index is -0.444. The van der Waals surface area contributed by atoms with E-state index >= 15 is 0 Å². The lowest BCUT2D eigenvalue weighted by atomic mass is 9.93. The average molecular weight is 394 g/mol. The minimum Gasteiger partial charge on any atom is -0.466 e. The summed E-state index contributed by atoms with van der Waals surface area (Å²) in [5.41, 5.74) is 1.59. The number of nitrogens with one attached hydrogen (secondary N) is 1. The Bertz CT molecular complexity index is 732. The van der Waals surface area contributed by atoms with Crippen LogP contribution in [0.25, 0.3) is 0 Å². The molecule has 2 aliphatic heterocycles. The molecule has 0 aliphatic carbocycles. The molecular formula is C19H24ClN3O4. The molecule has 3 rings (SSSR count). The van der Waals surface area contributed by atoms with E-state index in [0.29, 0.717) is 36.2 Å². The second kappa shape index (κ2) is 8.61. The van der Waals surface area contributed by atoms with Crippen molar-refractivity contribution in [3.05, 3.63) is 23.2 Å². The molecule has 0 saturated carbocycles. The van der Waals surface area contributed by atoms with E-state index in [1.54, 1.807) is 0 Å². The third-order valence-electron chi connectivity index (χ3n) is 5.02. The van der Waals surface area contributed by atoms with Gasteiger partial charge in [0, 0.05) is 38.2 Å². The summed E-state index contributed by atoms with van der Waals surface area (Å²) in [6.45, 7) is 4.25. The SMILES string of the molecule is CCOC(=O)CC1CCN(c2ccc(N3CCC(=O)NC3=O)c(Cl)c2)CC1. The number of esters is 1. The van der Waals surface area contributed by atoms with E-state index < -0.39 is 6.03 Å². The van der Waals surface area contributed by atoms with Gasteiger partial charge in [-0.1, -0.05) is 11.6 Å². The molecule has 7 nitrogen and oxygen atoms in total. The van der Waals surface area contributed by atoms with Crippen LogP contribution in [0.3, 0.4) is 0 Å². The Kier molecular flexibility index (Phi) is 6.21. The number of piperidine rings is 1. The summed E-state index contributed by atoms with van der Waals surface area (Å²) in [6.07, 6.45) is 2.59. The van der Waals surface area contributed by atoms with Crippen LogP contribution >= 0.6 is 11.6 Å². The van der Waals surface area contributed by atoms with Crippen molar-refractivity contribution in [1.29, 1.82) is 0 Å². The molecule has 2 aliphatic rings. The normalized spacial score (nSPS) is 18.4. The summed E-state index contributed by atoms with van der Waals surface area (Å²) < 4.78 is 5.03. The van der Waals surface area contributed by atoms with Crippen LogP contribution < -0.4 is 15.1 Å². The Morgan fingerprint density at radius 2 is 2.00 bits per heavy atom. The number of halogens is 1. The van der Waals surface area contributed by atoms with E-state index in [0.717, 1.165) is 31.6 Å². The smallest absolute Gasteiger partial charge is 0.328 e. The number of benzene rings is 1. The molecule has 8 heteroatoms. The summed E-state index contributed by atoms with van der Waals surface area (Å²) in [4.78, 5) is 38.6. The number of hydrogen-bond acceptors (Lipinski definition) is 5. The second-order valence-corrected chi connectivity index (χ2v) is 7.24. The zero-order chi connectivity index (χ0) is 19.4. The van der Waals surface area contributed by atoms with Crippen LogP contribution in [0, 0.1) is 5.92 Å². The fourth-order valence-electron chi connectivity index (χ4n) is 3.56. The van der Waals surface area contributed by atoms with Crippen LogP contribution in [0.4, 0.5) is 16.2 Å². The number of rotatable bonds is 5. The molecule has 3 amide bonds. The van der Waals surface area contributed by atoms with Crippen molar-refractivity contribution < 1.29 is 19.1 Å². The number of hydrogen-bond donors (Lipinski definition) is 1. The van der Waals surface area contributed by atoms with Crippen molar-refractivity contribution in [3.8, 4) is 0 Å². The number of amides is 3. The van der Waals surface area contributed by atoms with Crippen LogP contribution in [0.15, 0.2) is 18.2 Å². The molecule has 0 spiro atoms. The maximum absolute atomic E-state index is 12.0. The lowest BCUT2D eigenvalue weighted by molar-refractivity contribution is -0.144. The highest BCUT2D eigenvalue weighted by atomic mass is 35.5. The van der Waals surface area contributed by atoms with Gasteiger partial charge in [0.25, 0.3) is 0 Å². The highest BCUT2D eigenvalue weighted by Gasteiger charge is 2.27. The molecule has 0 bridgehead atoms. The van der Waals surface area contributed by atoms with Gasteiger partial charge in [-0.2, -0.15) is 0 Å². The van der Waals surface area contributed by atoms with E-state index in [1.807, 2.05) is 25.1 Å². The predicted octanol–water partition coefficient (Wildman–Crippen LogP) is 2.96. The first-order valence-electron chi connectivity index (χ1n) is 9.29. The number of carbonyl (C=O) groups is 3. The summed E-state index contributed by atoms with van der Waals surface area (Å²) >= 11 is 6.42. The largest absolute Gasteiger partial charge is 0.466 e. The number of nitrogens with zero attached hydrogens (tertiary/aromatic N) is 2. The zero-order valence-electron chi connectivity index (χ0n) is 15.4. The Balaban J connectivity index is 1.61. The van der Waals surface area contributed by atoms with Crippen molar-refractivity contribution in [2.75, 3.05) is 36.0 Å². The third-order valence-corrected chi connectivity index (χ3v) is 5.32. The van der Waals surface area contributed by atoms with Crippen molar-refractivity contribution in [3.63, 3.8) is 0 Å². The molecule has 1 aromatic rings. The van der Waals surface area contributed by atoms with Crippen LogP contribution in [-0.4, -0.2) is 44.1 Å². The monoisotopic (exact) mass is 393 g/mol. The zero-order valence-corrected chi connectivity index (χ0v) is 16.1. The fourth-order valence-corrected chi connectivity index (χ4v) is 3.83. The van der Waals surface area contributed by atoms with Crippen molar-refractivity contribution in [1.82, 2.24) is 5.32 Å². The fraction of sp³-hybridized carbons (Fsp3) is 0.526. The van der Waals surface area contributed by atoms with Crippen LogP contribution in [0.2, 0.25) is 5.02 Å². The van der Waals surface area contributed by atoms with Crippen LogP contribution in [0.5, 0.6) is 0 Å². The summed E-state index contributed by atoms with van der Waals surface area (Å²) in [5, 5.41) is 2.78. The van der Waals surface area contributed by atoms with Gasteiger partial charge >= 0.3 is 12.0 Å². The highest BCUT2D eigenvalue weighted by Crippen LogP contribution is 2.33. The Hall–Kier alpha value is -2.28. The van der Waals surface area contributed by atoms with Gasteiger partial charge in [-0.05, 0) is 43.9 Å². The molecule has 2 heterocycles. The lowest BCUT2D eigenvalue weighted by Crippen LogP contribution is -2.49. The number of ether oxygens (including phenoxy) is 1. The molecule has 146 valence electrons.